The largest absolute Gasteiger partial charge is 0.497 e. The molecule has 0 atom stereocenters. The average molecular weight is 408 g/mol. The van der Waals surface area contributed by atoms with E-state index in [1.54, 1.807) is 20.3 Å². The molecule has 8 nitrogen and oxygen atoms in total. The van der Waals surface area contributed by atoms with Crippen molar-refractivity contribution in [3.63, 3.8) is 0 Å². The summed E-state index contributed by atoms with van der Waals surface area (Å²) in [6.07, 6.45) is 1.32. The molecule has 156 valence electrons. The van der Waals surface area contributed by atoms with Crippen molar-refractivity contribution in [1.29, 1.82) is 0 Å². The molecule has 4 aromatic rings. The summed E-state index contributed by atoms with van der Waals surface area (Å²) in [5, 5.41) is 7.13. The number of ether oxygens (including phenoxy) is 2. The summed E-state index contributed by atoms with van der Waals surface area (Å²) < 4.78 is 17.3. The second-order valence-electron chi connectivity index (χ2n) is 7.17. The molecule has 1 aromatic carbocycles. The van der Waals surface area contributed by atoms with Crippen molar-refractivity contribution in [2.24, 2.45) is 0 Å². The molecule has 8 heteroatoms. The highest BCUT2D eigenvalue weighted by Crippen LogP contribution is 2.29. The SMILES string of the molecule is COCc1[nH]n2c(=O)cc(CCc3c(C)noc3C)nc2c1-c1ccc(OC)cc1. The number of fused-ring (bicyclic) bond motifs is 1. The zero-order valence-electron chi connectivity index (χ0n) is 17.5. The molecule has 4 rings (SSSR count). The highest BCUT2D eigenvalue weighted by molar-refractivity contribution is 5.80. The fraction of sp³-hybridized carbons (Fsp3) is 0.318. The van der Waals surface area contributed by atoms with E-state index < -0.39 is 0 Å². The average Bonchev–Trinajstić information content (AvgIpc) is 3.26. The molecular formula is C22H24N4O4. The third kappa shape index (κ3) is 3.61. The van der Waals surface area contributed by atoms with E-state index in [0.29, 0.717) is 25.1 Å². The molecule has 0 radical (unpaired) electrons. The second kappa shape index (κ2) is 8.16. The lowest BCUT2D eigenvalue weighted by molar-refractivity contribution is 0.181. The maximum atomic E-state index is 12.8. The van der Waals surface area contributed by atoms with Gasteiger partial charge in [0.1, 0.15) is 11.5 Å². The molecular weight excluding hydrogens is 384 g/mol. The van der Waals surface area contributed by atoms with Gasteiger partial charge in [0, 0.05) is 30.0 Å². The number of benzene rings is 1. The molecule has 0 aliphatic carbocycles. The van der Waals surface area contributed by atoms with Crippen LogP contribution in [0.3, 0.4) is 0 Å². The fourth-order valence-corrected chi connectivity index (χ4v) is 3.68. The summed E-state index contributed by atoms with van der Waals surface area (Å²) in [7, 11) is 3.25. The quantitative estimate of drug-likeness (QED) is 0.504. The van der Waals surface area contributed by atoms with Crippen LogP contribution in [0.1, 0.15) is 28.4 Å². The van der Waals surface area contributed by atoms with E-state index in [2.05, 4.69) is 10.3 Å². The Morgan fingerprint density at radius 1 is 1.13 bits per heavy atom. The fourth-order valence-electron chi connectivity index (χ4n) is 3.68. The molecule has 0 aliphatic heterocycles. The first kappa shape index (κ1) is 19.9. The first-order valence-electron chi connectivity index (χ1n) is 9.70. The number of aryl methyl sites for hydroxylation is 3. The smallest absolute Gasteiger partial charge is 0.272 e. The van der Waals surface area contributed by atoms with E-state index in [1.165, 1.54) is 4.52 Å². The van der Waals surface area contributed by atoms with E-state index in [1.807, 2.05) is 38.1 Å². The first-order valence-corrected chi connectivity index (χ1v) is 9.70. The van der Waals surface area contributed by atoms with Gasteiger partial charge in [-0.05, 0) is 44.4 Å². The number of H-pyrrole nitrogens is 1. The lowest BCUT2D eigenvalue weighted by Crippen LogP contribution is -2.16. The van der Waals surface area contributed by atoms with Gasteiger partial charge in [-0.15, -0.1) is 0 Å². The number of hydrogen-bond donors (Lipinski definition) is 1. The summed E-state index contributed by atoms with van der Waals surface area (Å²) in [6, 6.07) is 9.23. The first-order chi connectivity index (χ1) is 14.5. The van der Waals surface area contributed by atoms with Crippen LogP contribution in [0.2, 0.25) is 0 Å². The molecule has 0 saturated carbocycles. The predicted molar refractivity (Wildman–Crippen MR) is 112 cm³/mol. The van der Waals surface area contributed by atoms with E-state index >= 15 is 0 Å². The number of rotatable bonds is 7. The molecule has 3 heterocycles. The normalized spacial score (nSPS) is 11.3. The minimum absolute atomic E-state index is 0.161. The van der Waals surface area contributed by atoms with Gasteiger partial charge in [-0.2, -0.15) is 0 Å². The standard InChI is InChI=1S/C22H24N4O4/c1-13-18(14(2)30-25-13)10-7-16-11-20(27)26-22(23-16)21(19(24-26)12-28-3)15-5-8-17(29-4)9-6-15/h5-6,8-9,11,24H,7,10,12H2,1-4H3. The summed E-state index contributed by atoms with van der Waals surface area (Å²) >= 11 is 0. The topological polar surface area (TPSA) is 94.7 Å². The number of nitrogens with one attached hydrogen (secondary N) is 1. The molecule has 1 N–H and O–H groups in total. The van der Waals surface area contributed by atoms with Crippen molar-refractivity contribution < 1.29 is 14.0 Å². The summed E-state index contributed by atoms with van der Waals surface area (Å²) in [5.41, 5.74) is 5.62. The Hall–Kier alpha value is -3.39. The van der Waals surface area contributed by atoms with Crippen LogP contribution in [0.5, 0.6) is 5.75 Å². The van der Waals surface area contributed by atoms with Crippen molar-refractivity contribution >= 4 is 5.65 Å². The summed E-state index contributed by atoms with van der Waals surface area (Å²) in [4.78, 5) is 17.6. The van der Waals surface area contributed by atoms with Crippen LogP contribution in [0.4, 0.5) is 0 Å². The van der Waals surface area contributed by atoms with Crippen LogP contribution >= 0.6 is 0 Å². The zero-order chi connectivity index (χ0) is 21.3. The van der Waals surface area contributed by atoms with Crippen LogP contribution in [0, 0.1) is 13.8 Å². The Labute approximate surface area is 173 Å². The van der Waals surface area contributed by atoms with E-state index in [9.17, 15) is 4.79 Å². The highest BCUT2D eigenvalue weighted by Gasteiger charge is 2.18. The minimum Gasteiger partial charge on any atom is -0.497 e. The van der Waals surface area contributed by atoms with Gasteiger partial charge in [0.25, 0.3) is 5.56 Å². The lowest BCUT2D eigenvalue weighted by atomic mass is 10.0. The van der Waals surface area contributed by atoms with Crippen molar-refractivity contribution in [3.8, 4) is 16.9 Å². The van der Waals surface area contributed by atoms with Crippen LogP contribution in [0.15, 0.2) is 39.6 Å². The van der Waals surface area contributed by atoms with Gasteiger partial charge in [0.2, 0.25) is 0 Å². The van der Waals surface area contributed by atoms with Crippen LogP contribution in [0.25, 0.3) is 16.8 Å². The van der Waals surface area contributed by atoms with Gasteiger partial charge >= 0.3 is 0 Å². The second-order valence-corrected chi connectivity index (χ2v) is 7.17. The molecule has 0 spiro atoms. The van der Waals surface area contributed by atoms with Crippen LogP contribution < -0.4 is 10.3 Å². The molecule has 30 heavy (non-hydrogen) atoms. The Kier molecular flexibility index (Phi) is 5.41. The molecule has 3 aromatic heterocycles. The molecule has 0 fully saturated rings. The Morgan fingerprint density at radius 3 is 2.53 bits per heavy atom. The van der Waals surface area contributed by atoms with Gasteiger partial charge in [0.05, 0.1) is 25.1 Å². The van der Waals surface area contributed by atoms with Gasteiger partial charge in [-0.25, -0.2) is 9.50 Å². The van der Waals surface area contributed by atoms with Crippen LogP contribution in [-0.2, 0) is 24.2 Å². The van der Waals surface area contributed by atoms with E-state index in [4.69, 9.17) is 19.0 Å². The molecule has 0 saturated heterocycles. The summed E-state index contributed by atoms with van der Waals surface area (Å²) in [5.74, 6) is 1.56. The van der Waals surface area contributed by atoms with Crippen LogP contribution in [-0.4, -0.2) is 34.0 Å². The number of aromatic amines is 1. The highest BCUT2D eigenvalue weighted by atomic mass is 16.5. The molecule has 0 bridgehead atoms. The van der Waals surface area contributed by atoms with Crippen molar-refractivity contribution in [1.82, 2.24) is 19.8 Å². The summed E-state index contributed by atoms with van der Waals surface area (Å²) in [6.45, 7) is 4.15. The Bertz CT molecular complexity index is 1220. The minimum atomic E-state index is -0.161. The van der Waals surface area contributed by atoms with Crippen molar-refractivity contribution in [3.05, 3.63) is 69.1 Å². The monoisotopic (exact) mass is 408 g/mol. The predicted octanol–water partition coefficient (Wildman–Crippen LogP) is 3.23. The molecule has 0 aliphatic rings. The lowest BCUT2D eigenvalue weighted by Gasteiger charge is -2.06. The maximum Gasteiger partial charge on any atom is 0.272 e. The van der Waals surface area contributed by atoms with Gasteiger partial charge in [-0.1, -0.05) is 17.3 Å². The number of hydrogen-bond acceptors (Lipinski definition) is 6. The number of nitrogens with zero attached hydrogens (tertiary/aromatic N) is 3. The van der Waals surface area contributed by atoms with Crippen molar-refractivity contribution in [2.75, 3.05) is 14.2 Å². The zero-order valence-corrected chi connectivity index (χ0v) is 17.5. The van der Waals surface area contributed by atoms with E-state index in [0.717, 1.165) is 45.3 Å². The molecule has 0 unspecified atom stereocenters. The van der Waals surface area contributed by atoms with E-state index in [-0.39, 0.29) is 5.56 Å². The Balaban J connectivity index is 1.78. The van der Waals surface area contributed by atoms with Crippen molar-refractivity contribution in [2.45, 2.75) is 33.3 Å². The number of aromatic nitrogens is 4. The third-order valence-corrected chi connectivity index (χ3v) is 5.22. The van der Waals surface area contributed by atoms with Gasteiger partial charge in [0.15, 0.2) is 5.65 Å². The third-order valence-electron chi connectivity index (χ3n) is 5.22. The van der Waals surface area contributed by atoms with Gasteiger partial charge < -0.3 is 14.0 Å². The molecule has 0 amide bonds. The Morgan fingerprint density at radius 2 is 1.90 bits per heavy atom. The van der Waals surface area contributed by atoms with Gasteiger partial charge in [-0.3, -0.25) is 9.89 Å². The number of methoxy groups -OCH3 is 2. The maximum absolute atomic E-state index is 12.8.